The van der Waals surface area contributed by atoms with Crippen molar-refractivity contribution in [2.45, 2.75) is 18.6 Å². The highest BCUT2D eigenvalue weighted by atomic mass is 32.2. The zero-order valence-electron chi connectivity index (χ0n) is 16.2. The van der Waals surface area contributed by atoms with Gasteiger partial charge in [-0.25, -0.2) is 17.5 Å². The van der Waals surface area contributed by atoms with E-state index in [2.05, 4.69) is 10.1 Å². The van der Waals surface area contributed by atoms with Gasteiger partial charge in [-0.1, -0.05) is 36.4 Å². The van der Waals surface area contributed by atoms with E-state index in [0.717, 1.165) is 5.56 Å². The lowest BCUT2D eigenvalue weighted by atomic mass is 9.97. The molecule has 7 nitrogen and oxygen atoms in total. The molecule has 8 heteroatoms. The molecule has 1 amide bonds. The molecule has 0 atom stereocenters. The molecule has 1 aliphatic rings. The zero-order chi connectivity index (χ0) is 20.9. The van der Waals surface area contributed by atoms with Crippen molar-refractivity contribution in [3.8, 4) is 0 Å². The lowest BCUT2D eigenvalue weighted by Crippen LogP contribution is -2.41. The highest BCUT2D eigenvalue weighted by Gasteiger charge is 2.31. The number of hydrogen-bond donors (Lipinski definition) is 1. The number of ether oxygens (including phenoxy) is 1. The fraction of sp³-hybridized carbons (Fsp3) is 0.333. The van der Waals surface area contributed by atoms with Gasteiger partial charge in [-0.05, 0) is 36.6 Å². The third kappa shape index (κ3) is 5.42. The Kier molecular flexibility index (Phi) is 6.66. The Hall–Kier alpha value is -2.71. The zero-order valence-corrected chi connectivity index (χ0v) is 17.0. The van der Waals surface area contributed by atoms with Crippen LogP contribution in [0.5, 0.6) is 0 Å². The number of anilines is 1. The number of rotatable bonds is 6. The van der Waals surface area contributed by atoms with E-state index in [4.69, 9.17) is 0 Å². The number of sulfonamides is 1. The quantitative estimate of drug-likeness (QED) is 0.731. The van der Waals surface area contributed by atoms with E-state index in [1.165, 1.54) is 11.4 Å². The molecule has 0 saturated carbocycles. The van der Waals surface area contributed by atoms with Gasteiger partial charge < -0.3 is 10.1 Å². The fourth-order valence-corrected chi connectivity index (χ4v) is 4.92. The molecule has 2 aromatic rings. The van der Waals surface area contributed by atoms with Crippen molar-refractivity contribution in [2.75, 3.05) is 25.5 Å². The molecule has 1 aliphatic heterocycles. The van der Waals surface area contributed by atoms with Gasteiger partial charge in [-0.2, -0.15) is 0 Å². The van der Waals surface area contributed by atoms with Crippen LogP contribution in [-0.4, -0.2) is 44.8 Å². The van der Waals surface area contributed by atoms with E-state index in [1.54, 1.807) is 36.4 Å². The minimum absolute atomic E-state index is 0.0367. The summed E-state index contributed by atoms with van der Waals surface area (Å²) in [6, 6.07) is 15.6. The summed E-state index contributed by atoms with van der Waals surface area (Å²) in [5, 5.41) is 2.81. The first kappa shape index (κ1) is 21.0. The molecule has 0 aromatic heterocycles. The summed E-state index contributed by atoms with van der Waals surface area (Å²) in [6.45, 7) is 0.630. The molecule has 0 unspecified atom stereocenters. The molecule has 0 aliphatic carbocycles. The van der Waals surface area contributed by atoms with Crippen LogP contribution >= 0.6 is 0 Å². The summed E-state index contributed by atoms with van der Waals surface area (Å²) < 4.78 is 31.4. The minimum atomic E-state index is -3.41. The fourth-order valence-electron chi connectivity index (χ4n) is 3.36. The molecule has 0 bridgehead atoms. The Morgan fingerprint density at radius 1 is 1.07 bits per heavy atom. The van der Waals surface area contributed by atoms with Gasteiger partial charge in [0, 0.05) is 24.7 Å². The molecular weight excluding hydrogens is 392 g/mol. The number of methoxy groups -OCH3 is 1. The van der Waals surface area contributed by atoms with Gasteiger partial charge in [0.15, 0.2) is 0 Å². The van der Waals surface area contributed by atoms with E-state index in [0.29, 0.717) is 37.2 Å². The first-order valence-corrected chi connectivity index (χ1v) is 11.0. The molecule has 3 rings (SSSR count). The number of nitrogens with one attached hydrogen (secondary N) is 1. The lowest BCUT2D eigenvalue weighted by molar-refractivity contribution is -0.120. The maximum absolute atomic E-state index is 12.6. The lowest BCUT2D eigenvalue weighted by Gasteiger charge is -2.30. The molecule has 29 heavy (non-hydrogen) atoms. The van der Waals surface area contributed by atoms with E-state index in [1.807, 2.05) is 18.2 Å². The standard InChI is InChI=1S/C21H24N2O5S/c1-28-21(25)18-8-5-9-19(14-18)22-20(24)17-10-12-23(13-11-17)29(26,27)15-16-6-3-2-4-7-16/h2-9,14,17H,10-13,15H2,1H3,(H,22,24). The van der Waals surface area contributed by atoms with Crippen LogP contribution in [0.1, 0.15) is 28.8 Å². The van der Waals surface area contributed by atoms with Crippen LogP contribution in [-0.2, 0) is 25.3 Å². The van der Waals surface area contributed by atoms with Crippen LogP contribution in [0.4, 0.5) is 5.69 Å². The second-order valence-electron chi connectivity index (χ2n) is 6.98. The number of carbonyl (C=O) groups is 2. The normalized spacial score (nSPS) is 15.6. The number of amides is 1. The average molecular weight is 416 g/mol. The first-order chi connectivity index (χ1) is 13.9. The Morgan fingerprint density at radius 2 is 1.76 bits per heavy atom. The monoisotopic (exact) mass is 416 g/mol. The van der Waals surface area contributed by atoms with E-state index in [9.17, 15) is 18.0 Å². The highest BCUT2D eigenvalue weighted by molar-refractivity contribution is 7.88. The largest absolute Gasteiger partial charge is 0.465 e. The van der Waals surface area contributed by atoms with Crippen molar-refractivity contribution >= 4 is 27.6 Å². The Morgan fingerprint density at radius 3 is 2.41 bits per heavy atom. The third-order valence-corrected chi connectivity index (χ3v) is 6.81. The van der Waals surface area contributed by atoms with E-state index >= 15 is 0 Å². The Bertz CT molecular complexity index is 968. The van der Waals surface area contributed by atoms with Crippen LogP contribution in [0, 0.1) is 5.92 Å². The summed E-state index contributed by atoms with van der Waals surface area (Å²) in [6.07, 6.45) is 0.910. The van der Waals surface area contributed by atoms with Gasteiger partial charge >= 0.3 is 5.97 Å². The van der Waals surface area contributed by atoms with E-state index in [-0.39, 0.29) is 17.6 Å². The number of piperidine rings is 1. The van der Waals surface area contributed by atoms with Gasteiger partial charge in [0.1, 0.15) is 0 Å². The molecule has 154 valence electrons. The summed E-state index contributed by atoms with van der Waals surface area (Å²) in [5.74, 6) is -0.963. The van der Waals surface area contributed by atoms with Gasteiger partial charge in [0.25, 0.3) is 0 Å². The minimum Gasteiger partial charge on any atom is -0.465 e. The van der Waals surface area contributed by atoms with Crippen molar-refractivity contribution in [1.29, 1.82) is 0 Å². The van der Waals surface area contributed by atoms with Crippen LogP contribution in [0.25, 0.3) is 0 Å². The van der Waals surface area contributed by atoms with Crippen molar-refractivity contribution in [1.82, 2.24) is 4.31 Å². The number of carbonyl (C=O) groups excluding carboxylic acids is 2. The molecule has 0 radical (unpaired) electrons. The number of hydrogen-bond acceptors (Lipinski definition) is 5. The molecule has 0 spiro atoms. The Balaban J connectivity index is 1.56. The van der Waals surface area contributed by atoms with Crippen molar-refractivity contribution in [3.05, 3.63) is 65.7 Å². The maximum atomic E-state index is 12.6. The van der Waals surface area contributed by atoms with Crippen molar-refractivity contribution < 1.29 is 22.7 Å². The molecule has 1 fully saturated rings. The maximum Gasteiger partial charge on any atom is 0.337 e. The predicted molar refractivity (Wildman–Crippen MR) is 110 cm³/mol. The highest BCUT2D eigenvalue weighted by Crippen LogP contribution is 2.23. The van der Waals surface area contributed by atoms with Crippen LogP contribution in [0.3, 0.4) is 0 Å². The van der Waals surface area contributed by atoms with Crippen LogP contribution < -0.4 is 5.32 Å². The van der Waals surface area contributed by atoms with Crippen molar-refractivity contribution in [2.24, 2.45) is 5.92 Å². The molecule has 1 saturated heterocycles. The molecule has 1 heterocycles. The summed E-state index contributed by atoms with van der Waals surface area (Å²) in [4.78, 5) is 24.2. The second kappa shape index (κ2) is 9.19. The van der Waals surface area contributed by atoms with Crippen molar-refractivity contribution in [3.63, 3.8) is 0 Å². The topological polar surface area (TPSA) is 92.8 Å². The molecule has 1 N–H and O–H groups in total. The summed E-state index contributed by atoms with van der Waals surface area (Å²) in [5.41, 5.74) is 1.61. The van der Waals surface area contributed by atoms with E-state index < -0.39 is 16.0 Å². The molecule has 2 aromatic carbocycles. The summed E-state index contributed by atoms with van der Waals surface area (Å²) in [7, 11) is -2.11. The molecular formula is C21H24N2O5S. The first-order valence-electron chi connectivity index (χ1n) is 9.40. The van der Waals surface area contributed by atoms with Gasteiger partial charge in [0.05, 0.1) is 18.4 Å². The average Bonchev–Trinajstić information content (AvgIpc) is 2.74. The smallest absolute Gasteiger partial charge is 0.337 e. The van der Waals surface area contributed by atoms with Gasteiger partial charge in [0.2, 0.25) is 15.9 Å². The van der Waals surface area contributed by atoms with Gasteiger partial charge in [-0.3, -0.25) is 4.79 Å². The SMILES string of the molecule is COC(=O)c1cccc(NC(=O)C2CCN(S(=O)(=O)Cc3ccccc3)CC2)c1. The third-order valence-electron chi connectivity index (χ3n) is 4.96. The summed E-state index contributed by atoms with van der Waals surface area (Å²) >= 11 is 0. The second-order valence-corrected chi connectivity index (χ2v) is 8.95. The van der Waals surface area contributed by atoms with Crippen LogP contribution in [0.2, 0.25) is 0 Å². The Labute approximate surface area is 170 Å². The predicted octanol–water partition coefficient (Wildman–Crippen LogP) is 2.65. The number of benzene rings is 2. The van der Waals surface area contributed by atoms with Crippen LogP contribution in [0.15, 0.2) is 54.6 Å². The number of esters is 1. The van der Waals surface area contributed by atoms with Gasteiger partial charge in [-0.15, -0.1) is 0 Å². The number of nitrogens with zero attached hydrogens (tertiary/aromatic N) is 1.